The zero-order chi connectivity index (χ0) is 43.0. The number of rotatable bonds is 4. The van der Waals surface area contributed by atoms with E-state index >= 15 is 0 Å². The first-order chi connectivity index (χ1) is 32.7. The summed E-state index contributed by atoms with van der Waals surface area (Å²) >= 11 is 1.79. The van der Waals surface area contributed by atoms with E-state index in [9.17, 15) is 0 Å². The van der Waals surface area contributed by atoms with E-state index in [1.165, 1.54) is 47.1 Å². The van der Waals surface area contributed by atoms with Crippen molar-refractivity contribution < 1.29 is 8.83 Å². The number of furan rings is 2. The summed E-state index contributed by atoms with van der Waals surface area (Å²) in [5.41, 5.74) is 8.95. The molecule has 66 heavy (non-hydrogen) atoms. The van der Waals surface area contributed by atoms with E-state index < -0.39 is 0 Å². The lowest BCUT2D eigenvalue weighted by atomic mass is 10.0. The molecule has 0 unspecified atom stereocenters. The van der Waals surface area contributed by atoms with Gasteiger partial charge >= 0.3 is 0 Å². The molecule has 15 rings (SSSR count). The summed E-state index contributed by atoms with van der Waals surface area (Å²) in [6.45, 7) is 0. The van der Waals surface area contributed by atoms with Crippen LogP contribution < -0.4 is 0 Å². The second-order valence-electron chi connectivity index (χ2n) is 17.1. The Hall–Kier alpha value is -8.65. The average Bonchev–Trinajstić information content (AvgIpc) is 4.14. The van der Waals surface area contributed by atoms with Gasteiger partial charge in [0.25, 0.3) is 0 Å². The molecule has 0 saturated heterocycles. The zero-order valence-electron chi connectivity index (χ0n) is 35.0. The first-order valence-electron chi connectivity index (χ1n) is 22.1. The van der Waals surface area contributed by atoms with Gasteiger partial charge in [-0.3, -0.25) is 0 Å². The average molecular weight is 861 g/mol. The van der Waals surface area contributed by atoms with E-state index in [4.69, 9.17) is 23.8 Å². The highest BCUT2D eigenvalue weighted by molar-refractivity contribution is 7.25. The molecule has 15 aromatic rings. The molecule has 0 saturated carbocycles. The molecule has 0 aliphatic heterocycles. The van der Waals surface area contributed by atoms with Gasteiger partial charge in [0, 0.05) is 75.2 Å². The van der Waals surface area contributed by atoms with E-state index in [1.807, 2.05) is 42.5 Å². The third kappa shape index (κ3) is 5.08. The number of thiophene rings is 1. The highest BCUT2D eigenvalue weighted by Gasteiger charge is 2.24. The quantitative estimate of drug-likeness (QED) is 0.176. The predicted octanol–water partition coefficient (Wildman–Crippen LogP) is 16.4. The van der Waals surface area contributed by atoms with Crippen LogP contribution in [0.4, 0.5) is 0 Å². The van der Waals surface area contributed by atoms with Crippen LogP contribution in [0.3, 0.4) is 0 Å². The van der Waals surface area contributed by atoms with Crippen LogP contribution in [-0.2, 0) is 0 Å². The fourth-order valence-electron chi connectivity index (χ4n) is 10.6. The van der Waals surface area contributed by atoms with E-state index in [2.05, 4.69) is 156 Å². The van der Waals surface area contributed by atoms with Gasteiger partial charge in [0.15, 0.2) is 17.5 Å². The highest BCUT2D eigenvalue weighted by Crippen LogP contribution is 2.45. The Morgan fingerprint density at radius 1 is 0.333 bits per heavy atom. The maximum Gasteiger partial charge on any atom is 0.164 e. The van der Waals surface area contributed by atoms with Crippen molar-refractivity contribution in [3.05, 3.63) is 194 Å². The molecule has 5 aromatic heterocycles. The van der Waals surface area contributed by atoms with Crippen molar-refractivity contribution in [2.75, 3.05) is 0 Å². The molecule has 7 heteroatoms. The maximum atomic E-state index is 6.84. The Morgan fingerprint density at radius 2 is 0.894 bits per heavy atom. The monoisotopic (exact) mass is 860 g/mol. The van der Waals surface area contributed by atoms with Gasteiger partial charge in [0.2, 0.25) is 0 Å². The van der Waals surface area contributed by atoms with E-state index in [0.29, 0.717) is 17.5 Å². The Morgan fingerprint density at radius 3 is 1.67 bits per heavy atom. The van der Waals surface area contributed by atoms with Crippen LogP contribution in [0.25, 0.3) is 147 Å². The molecule has 0 spiro atoms. The van der Waals surface area contributed by atoms with E-state index in [0.717, 1.165) is 82.7 Å². The molecule has 6 nitrogen and oxygen atoms in total. The molecule has 0 radical (unpaired) electrons. The van der Waals surface area contributed by atoms with Crippen molar-refractivity contribution in [1.82, 2.24) is 19.5 Å². The third-order valence-electron chi connectivity index (χ3n) is 13.4. The van der Waals surface area contributed by atoms with Crippen molar-refractivity contribution in [1.29, 1.82) is 0 Å². The standard InChI is InChI=1S/C59H32N4O2S/c1-2-15-35-30-46-43(29-34(35)14-1)53-37-16-4-3-13-33(37)27-28-45(53)63(46)36-31-44(55-39-18-6-9-23-48(39)65-50(55)32-36)59-61-57(41-20-11-24-49-54(41)38-17-5-8-22-47(38)64-49)60-58(62-59)42-21-12-26-52-56(42)40-19-7-10-25-51(40)66-52/h1-32H. The molecule has 10 aromatic carbocycles. The lowest BCUT2D eigenvalue weighted by Crippen LogP contribution is -2.02. The minimum atomic E-state index is 0.548. The second kappa shape index (κ2) is 13.4. The van der Waals surface area contributed by atoms with Gasteiger partial charge in [-0.15, -0.1) is 11.3 Å². The van der Waals surface area contributed by atoms with Crippen molar-refractivity contribution in [2.24, 2.45) is 0 Å². The number of para-hydroxylation sites is 2. The van der Waals surface area contributed by atoms with Gasteiger partial charge in [-0.05, 0) is 76.1 Å². The summed E-state index contributed by atoms with van der Waals surface area (Å²) in [7, 11) is 0. The minimum Gasteiger partial charge on any atom is -0.456 e. The van der Waals surface area contributed by atoms with E-state index in [1.54, 1.807) is 11.3 Å². The van der Waals surface area contributed by atoms with Crippen LogP contribution in [0.5, 0.6) is 0 Å². The minimum absolute atomic E-state index is 0.548. The van der Waals surface area contributed by atoms with Gasteiger partial charge in [0.05, 0.1) is 16.7 Å². The van der Waals surface area contributed by atoms with Crippen LogP contribution >= 0.6 is 11.3 Å². The molecule has 0 N–H and O–H groups in total. The van der Waals surface area contributed by atoms with Crippen molar-refractivity contribution in [2.45, 2.75) is 0 Å². The van der Waals surface area contributed by atoms with Crippen LogP contribution in [0, 0.1) is 0 Å². The fraction of sp³-hybridized carbons (Fsp3) is 0. The van der Waals surface area contributed by atoms with Gasteiger partial charge in [0.1, 0.15) is 22.3 Å². The predicted molar refractivity (Wildman–Crippen MR) is 273 cm³/mol. The van der Waals surface area contributed by atoms with Crippen molar-refractivity contribution >= 4 is 119 Å². The largest absolute Gasteiger partial charge is 0.456 e. The van der Waals surface area contributed by atoms with Crippen molar-refractivity contribution in [3.63, 3.8) is 0 Å². The SMILES string of the molecule is c1ccc2cc3c(cc2c1)c1c2ccccc2ccc1n3-c1cc(-c2nc(-c3cccc4oc5ccccc5c34)nc(-c3cccc4sc5ccccc5c34)n2)c2c(c1)oc1ccccc12. The van der Waals surface area contributed by atoms with E-state index in [-0.39, 0.29) is 0 Å². The number of aromatic nitrogens is 4. The second-order valence-corrected chi connectivity index (χ2v) is 18.1. The molecular weight excluding hydrogens is 829 g/mol. The third-order valence-corrected chi connectivity index (χ3v) is 14.5. The molecule has 0 bridgehead atoms. The first-order valence-corrected chi connectivity index (χ1v) is 22.9. The van der Waals surface area contributed by atoms with Gasteiger partial charge in [-0.25, -0.2) is 15.0 Å². The Kier molecular flexibility index (Phi) is 7.28. The molecule has 0 atom stereocenters. The van der Waals surface area contributed by atoms with Crippen LogP contribution in [-0.4, -0.2) is 19.5 Å². The smallest absolute Gasteiger partial charge is 0.164 e. The van der Waals surface area contributed by atoms with Crippen molar-refractivity contribution in [3.8, 4) is 39.9 Å². The van der Waals surface area contributed by atoms with Gasteiger partial charge in [-0.2, -0.15) is 0 Å². The lowest BCUT2D eigenvalue weighted by Gasteiger charge is -2.14. The summed E-state index contributed by atoms with van der Waals surface area (Å²) in [5.74, 6) is 1.70. The molecule has 5 heterocycles. The summed E-state index contributed by atoms with van der Waals surface area (Å²) in [6, 6.07) is 68.5. The lowest BCUT2D eigenvalue weighted by molar-refractivity contribution is 0.668. The molecule has 0 aliphatic carbocycles. The molecule has 0 aliphatic rings. The summed E-state index contributed by atoms with van der Waals surface area (Å²) < 4.78 is 18.1. The summed E-state index contributed by atoms with van der Waals surface area (Å²) in [6.07, 6.45) is 0. The van der Waals surface area contributed by atoms with Crippen LogP contribution in [0.2, 0.25) is 0 Å². The van der Waals surface area contributed by atoms with Crippen LogP contribution in [0.1, 0.15) is 0 Å². The molecule has 0 fully saturated rings. The summed E-state index contributed by atoms with van der Waals surface area (Å²) in [5, 5.41) is 13.4. The number of hydrogen-bond acceptors (Lipinski definition) is 6. The topological polar surface area (TPSA) is 69.9 Å². The maximum absolute atomic E-state index is 6.84. The zero-order valence-corrected chi connectivity index (χ0v) is 35.8. The number of benzene rings is 10. The first kappa shape index (κ1) is 35.8. The van der Waals surface area contributed by atoms with Gasteiger partial charge in [-0.1, -0.05) is 133 Å². The normalized spacial score (nSPS) is 12.2. The molecule has 306 valence electrons. The molecule has 0 amide bonds. The highest BCUT2D eigenvalue weighted by atomic mass is 32.1. The fourth-order valence-corrected chi connectivity index (χ4v) is 11.7. The number of fused-ring (bicyclic) bond motifs is 15. The summed E-state index contributed by atoms with van der Waals surface area (Å²) in [4.78, 5) is 16.5. The number of hydrogen-bond donors (Lipinski definition) is 0. The number of nitrogens with zero attached hydrogens (tertiary/aromatic N) is 4. The Balaban J connectivity index is 1.08. The Bertz CT molecular complexity index is 4420. The molecular formula is C59H32N4O2S. The Labute approximate surface area is 379 Å². The van der Waals surface area contributed by atoms with Gasteiger partial charge < -0.3 is 13.4 Å². The van der Waals surface area contributed by atoms with Crippen LogP contribution in [0.15, 0.2) is 203 Å².